The minimum atomic E-state index is -2.89. The molecule has 1 aliphatic rings. The average Bonchev–Trinajstić information content (AvgIpc) is 2.93. The van der Waals surface area contributed by atoms with Crippen LogP contribution in [0.25, 0.3) is 11.2 Å². The summed E-state index contributed by atoms with van der Waals surface area (Å²) in [6.07, 6.45) is -2.10. The summed E-state index contributed by atoms with van der Waals surface area (Å²) in [5.74, 6) is -3.09. The van der Waals surface area contributed by atoms with Gasteiger partial charge in [0.25, 0.3) is 11.4 Å². The normalized spacial score (nSPS) is 35.3. The third-order valence-corrected chi connectivity index (χ3v) is 3.84. The fraction of sp³-hybridized carbons (Fsp3) is 0.545. The molecule has 22 heavy (non-hydrogen) atoms. The van der Waals surface area contributed by atoms with Crippen molar-refractivity contribution in [1.29, 1.82) is 0 Å². The Hall–Kier alpha value is -2.08. The van der Waals surface area contributed by atoms with Crippen molar-refractivity contribution in [3.63, 3.8) is 0 Å². The molecule has 10 nitrogen and oxygen atoms in total. The van der Waals surface area contributed by atoms with Crippen LogP contribution in [0.4, 0.5) is 10.3 Å². The van der Waals surface area contributed by atoms with E-state index >= 15 is 0 Å². The van der Waals surface area contributed by atoms with E-state index < -0.39 is 36.0 Å². The molecule has 11 heteroatoms. The first-order chi connectivity index (χ1) is 10.2. The van der Waals surface area contributed by atoms with E-state index in [1.54, 1.807) is 0 Å². The van der Waals surface area contributed by atoms with Crippen molar-refractivity contribution < 1.29 is 24.4 Å². The molecule has 0 saturated carbocycles. The maximum absolute atomic E-state index is 14.4. The Labute approximate surface area is 122 Å². The fourth-order valence-electron chi connectivity index (χ4n) is 2.41. The smallest absolute Gasteiger partial charge is 0.280 e. The maximum atomic E-state index is 14.4. The molecular formula is C11H14FN5O5. The maximum Gasteiger partial charge on any atom is 0.280 e. The lowest BCUT2D eigenvalue weighted by atomic mass is 9.93. The Balaban J connectivity index is 2.15. The number of ether oxygens (including phenoxy) is 1. The first-order valence-electron chi connectivity index (χ1n) is 6.31. The molecule has 2 aromatic heterocycles. The second-order valence-corrected chi connectivity index (χ2v) is 5.26. The summed E-state index contributed by atoms with van der Waals surface area (Å²) >= 11 is 0. The van der Waals surface area contributed by atoms with Gasteiger partial charge in [-0.1, -0.05) is 0 Å². The quantitative estimate of drug-likeness (QED) is 0.425. The molecule has 120 valence electrons. The summed E-state index contributed by atoms with van der Waals surface area (Å²) in [7, 11) is 0. The van der Waals surface area contributed by atoms with Gasteiger partial charge in [0, 0.05) is 0 Å². The van der Waals surface area contributed by atoms with E-state index in [1.807, 2.05) is 0 Å². The zero-order valence-electron chi connectivity index (χ0n) is 11.4. The lowest BCUT2D eigenvalue weighted by molar-refractivity contribution is -0.237. The van der Waals surface area contributed by atoms with Crippen molar-refractivity contribution >= 4 is 17.1 Å². The molecule has 6 N–H and O–H groups in total. The number of aromatic nitrogens is 4. The number of rotatable bonds is 2. The van der Waals surface area contributed by atoms with Crippen molar-refractivity contribution in [2.75, 3.05) is 12.3 Å². The molecule has 2 aromatic rings. The Morgan fingerprint density at radius 2 is 2.32 bits per heavy atom. The molecule has 3 rings (SSSR count). The monoisotopic (exact) mass is 315 g/mol. The van der Waals surface area contributed by atoms with Crippen molar-refractivity contribution in [2.24, 2.45) is 0 Å². The Morgan fingerprint density at radius 3 is 2.91 bits per heavy atom. The van der Waals surface area contributed by atoms with Crippen LogP contribution in [-0.2, 0) is 4.74 Å². The minimum absolute atomic E-state index is 0.0525. The molecule has 0 amide bonds. The molecule has 0 aromatic carbocycles. The van der Waals surface area contributed by atoms with Crippen LogP contribution in [0.5, 0.6) is 0 Å². The highest BCUT2D eigenvalue weighted by Crippen LogP contribution is 2.45. The van der Waals surface area contributed by atoms with E-state index in [9.17, 15) is 19.4 Å². The summed E-state index contributed by atoms with van der Waals surface area (Å²) in [5, 5.41) is 29.3. The number of hydrogen-bond donors (Lipinski definition) is 5. The van der Waals surface area contributed by atoms with Crippen LogP contribution in [0.1, 0.15) is 13.2 Å². The van der Waals surface area contributed by atoms with Gasteiger partial charge in [0.1, 0.15) is 12.7 Å². The first kappa shape index (κ1) is 14.8. The molecule has 0 bridgehead atoms. The number of hydrogen-bond acceptors (Lipinski definition) is 8. The number of H-pyrrole nitrogens is 1. The van der Waals surface area contributed by atoms with E-state index in [0.29, 0.717) is 0 Å². The number of halogens is 1. The van der Waals surface area contributed by atoms with Crippen LogP contribution in [0.3, 0.4) is 0 Å². The second-order valence-electron chi connectivity index (χ2n) is 5.26. The number of anilines is 1. The lowest BCUT2D eigenvalue weighted by Crippen LogP contribution is -2.53. The van der Waals surface area contributed by atoms with Gasteiger partial charge in [0.05, 0.1) is 6.33 Å². The van der Waals surface area contributed by atoms with Gasteiger partial charge in [-0.3, -0.25) is 14.3 Å². The van der Waals surface area contributed by atoms with Crippen molar-refractivity contribution in [1.82, 2.24) is 19.5 Å². The van der Waals surface area contributed by atoms with Crippen molar-refractivity contribution in [2.45, 2.75) is 30.7 Å². The van der Waals surface area contributed by atoms with Gasteiger partial charge in [-0.15, -0.1) is 0 Å². The first-order valence-corrected chi connectivity index (χ1v) is 6.31. The number of aliphatic hydroxyl groups excluding tert-OH is 2. The van der Waals surface area contributed by atoms with E-state index in [0.717, 1.165) is 17.8 Å². The summed E-state index contributed by atoms with van der Waals surface area (Å²) in [5.41, 5.74) is 2.30. The SMILES string of the molecule is C[C@]1(O)[C@@H](O)[C@H](n2cnc3c(=O)[nH]c(N)nc32)O[C@]1(F)CO. The third-order valence-electron chi connectivity index (χ3n) is 3.84. The van der Waals surface area contributed by atoms with Gasteiger partial charge in [-0.25, -0.2) is 9.37 Å². The Bertz CT molecular complexity index is 786. The molecule has 0 radical (unpaired) electrons. The van der Waals surface area contributed by atoms with Crippen LogP contribution >= 0.6 is 0 Å². The average molecular weight is 315 g/mol. The third kappa shape index (κ3) is 1.76. The number of aliphatic hydroxyl groups is 3. The van der Waals surface area contributed by atoms with Gasteiger partial charge in [-0.2, -0.15) is 4.98 Å². The molecule has 1 fully saturated rings. The Kier molecular flexibility index (Phi) is 3.01. The number of imidazole rings is 1. The van der Waals surface area contributed by atoms with Gasteiger partial charge in [0.2, 0.25) is 5.95 Å². The molecule has 1 aliphatic heterocycles. The van der Waals surface area contributed by atoms with Gasteiger partial charge >= 0.3 is 0 Å². The predicted octanol–water partition coefficient (Wildman–Crippen LogP) is -2.00. The molecule has 3 heterocycles. The van der Waals surface area contributed by atoms with Gasteiger partial charge in [0.15, 0.2) is 23.0 Å². The zero-order valence-corrected chi connectivity index (χ0v) is 11.4. The van der Waals surface area contributed by atoms with Crippen LogP contribution in [0.15, 0.2) is 11.1 Å². The van der Waals surface area contributed by atoms with Crippen molar-refractivity contribution in [3.05, 3.63) is 16.7 Å². The van der Waals surface area contributed by atoms with Crippen LogP contribution < -0.4 is 11.3 Å². The number of nitrogens with one attached hydrogen (secondary N) is 1. The number of aromatic amines is 1. The zero-order chi connectivity index (χ0) is 16.3. The molecule has 0 unspecified atom stereocenters. The van der Waals surface area contributed by atoms with E-state index in [4.69, 9.17) is 15.6 Å². The topological polar surface area (TPSA) is 160 Å². The summed E-state index contributed by atoms with van der Waals surface area (Å²) in [4.78, 5) is 21.6. The minimum Gasteiger partial charge on any atom is -0.390 e. The van der Waals surface area contributed by atoms with E-state index in [1.165, 1.54) is 0 Å². The largest absolute Gasteiger partial charge is 0.390 e. The summed E-state index contributed by atoms with van der Waals surface area (Å²) in [6, 6.07) is 0. The molecule has 1 saturated heterocycles. The number of nitrogens with zero attached hydrogens (tertiary/aromatic N) is 3. The fourth-order valence-corrected chi connectivity index (χ4v) is 2.41. The number of alkyl halides is 1. The Morgan fingerprint density at radius 1 is 1.64 bits per heavy atom. The number of nitrogens with two attached hydrogens (primary N) is 1. The molecule has 0 aliphatic carbocycles. The van der Waals surface area contributed by atoms with E-state index in [-0.39, 0.29) is 17.1 Å². The standard InChI is InChI=1S/C11H14FN5O5/c1-10(21)5(19)8(22-11(10,12)2-18)17-3-14-4-6(17)15-9(13)16-7(4)20/h3,5,8,18-19,21H,2H2,1H3,(H3,13,15,16,20)/t5-,8+,10-,11+/m0/s1. The lowest BCUT2D eigenvalue weighted by Gasteiger charge is -2.29. The number of nitrogen functional groups attached to an aromatic ring is 1. The highest BCUT2D eigenvalue weighted by atomic mass is 19.2. The predicted molar refractivity (Wildman–Crippen MR) is 70.2 cm³/mol. The highest BCUT2D eigenvalue weighted by Gasteiger charge is 2.64. The van der Waals surface area contributed by atoms with Gasteiger partial charge < -0.3 is 25.8 Å². The number of fused-ring (bicyclic) bond motifs is 1. The van der Waals surface area contributed by atoms with Crippen LogP contribution in [-0.4, -0.2) is 59.0 Å². The highest BCUT2D eigenvalue weighted by molar-refractivity contribution is 5.70. The molecule has 4 atom stereocenters. The van der Waals surface area contributed by atoms with Crippen LogP contribution in [0.2, 0.25) is 0 Å². The molecule has 0 spiro atoms. The van der Waals surface area contributed by atoms with E-state index in [2.05, 4.69) is 15.0 Å². The molecular weight excluding hydrogens is 301 g/mol. The van der Waals surface area contributed by atoms with Crippen molar-refractivity contribution in [3.8, 4) is 0 Å². The second kappa shape index (κ2) is 4.46. The summed E-state index contributed by atoms with van der Waals surface area (Å²) in [6.45, 7) is -0.183. The van der Waals surface area contributed by atoms with Crippen LogP contribution in [0, 0.1) is 0 Å². The summed E-state index contributed by atoms with van der Waals surface area (Å²) < 4.78 is 20.5. The van der Waals surface area contributed by atoms with Gasteiger partial charge in [-0.05, 0) is 6.92 Å².